The zero-order valence-electron chi connectivity index (χ0n) is 22.7. The van der Waals surface area contributed by atoms with Crippen LogP contribution in [0.5, 0.6) is 0 Å². The van der Waals surface area contributed by atoms with E-state index in [1.54, 1.807) is 49.4 Å². The van der Waals surface area contributed by atoms with Crippen LogP contribution < -0.4 is 10.9 Å². The Hall–Kier alpha value is -4.12. The summed E-state index contributed by atoms with van der Waals surface area (Å²) in [6, 6.07) is 11.0. The zero-order valence-corrected chi connectivity index (χ0v) is 23.5. The van der Waals surface area contributed by atoms with Crippen LogP contribution in [0.4, 0.5) is 13.2 Å². The number of rotatable bonds is 9. The number of aromatic nitrogens is 1. The average molecular weight is 593 g/mol. The number of nitrogens with one attached hydrogen (secondary N) is 1. The SMILES string of the molecule is CC(=O)OCCOC(=O)[C@H](Cc1ccc(-c2c(C)cc(C(F)(F)F)n(C)c2=O)cc1)NC(=O)c1c(C)cccc1Cl. The molecule has 0 saturated heterocycles. The molecule has 1 heterocycles. The van der Waals surface area contributed by atoms with Crippen molar-refractivity contribution < 1.29 is 37.0 Å². The summed E-state index contributed by atoms with van der Waals surface area (Å²) in [4.78, 5) is 49.8. The fourth-order valence-electron chi connectivity index (χ4n) is 4.26. The van der Waals surface area contributed by atoms with Gasteiger partial charge in [-0.15, -0.1) is 0 Å². The lowest BCUT2D eigenvalue weighted by atomic mass is 9.98. The molecular weight excluding hydrogens is 565 g/mol. The van der Waals surface area contributed by atoms with Crippen LogP contribution in [0.15, 0.2) is 53.3 Å². The molecule has 218 valence electrons. The second-order valence-corrected chi connectivity index (χ2v) is 9.72. The van der Waals surface area contributed by atoms with Crippen LogP contribution in [-0.4, -0.2) is 41.7 Å². The molecule has 0 spiro atoms. The average Bonchev–Trinajstić information content (AvgIpc) is 2.88. The number of hydrogen-bond donors (Lipinski definition) is 1. The van der Waals surface area contributed by atoms with E-state index in [-0.39, 0.29) is 41.3 Å². The summed E-state index contributed by atoms with van der Waals surface area (Å²) in [6.07, 6.45) is -4.71. The molecule has 0 aliphatic rings. The molecule has 0 bridgehead atoms. The van der Waals surface area contributed by atoms with Gasteiger partial charge in [-0.2, -0.15) is 13.2 Å². The quantitative estimate of drug-likeness (QED) is 0.283. The van der Waals surface area contributed by atoms with Crippen molar-refractivity contribution >= 4 is 29.4 Å². The molecule has 1 aromatic heterocycles. The van der Waals surface area contributed by atoms with Crippen molar-refractivity contribution in [2.75, 3.05) is 13.2 Å². The first-order valence-corrected chi connectivity index (χ1v) is 12.8. The van der Waals surface area contributed by atoms with E-state index in [9.17, 15) is 32.3 Å². The van der Waals surface area contributed by atoms with Gasteiger partial charge in [0.1, 0.15) is 24.9 Å². The molecule has 0 aliphatic heterocycles. The van der Waals surface area contributed by atoms with Gasteiger partial charge >= 0.3 is 18.1 Å². The first-order valence-electron chi connectivity index (χ1n) is 12.4. The van der Waals surface area contributed by atoms with E-state index in [0.717, 1.165) is 13.1 Å². The molecule has 0 aliphatic carbocycles. The van der Waals surface area contributed by atoms with Crippen molar-refractivity contribution in [2.24, 2.45) is 7.05 Å². The third-order valence-corrected chi connectivity index (χ3v) is 6.59. The molecule has 0 fully saturated rings. The number of alkyl halides is 3. The van der Waals surface area contributed by atoms with Crippen LogP contribution in [0.3, 0.4) is 0 Å². The van der Waals surface area contributed by atoms with Crippen LogP contribution in [0.25, 0.3) is 11.1 Å². The minimum absolute atomic E-state index is 0.0219. The molecule has 3 rings (SSSR count). The highest BCUT2D eigenvalue weighted by Crippen LogP contribution is 2.31. The zero-order chi connectivity index (χ0) is 30.5. The van der Waals surface area contributed by atoms with Crippen molar-refractivity contribution in [3.05, 3.63) is 91.9 Å². The van der Waals surface area contributed by atoms with Gasteiger partial charge in [-0.25, -0.2) is 4.79 Å². The Morgan fingerprint density at radius 2 is 1.63 bits per heavy atom. The van der Waals surface area contributed by atoms with Crippen LogP contribution in [-0.2, 0) is 38.7 Å². The predicted molar refractivity (Wildman–Crippen MR) is 146 cm³/mol. The van der Waals surface area contributed by atoms with Crippen molar-refractivity contribution in [1.82, 2.24) is 9.88 Å². The maximum Gasteiger partial charge on any atom is 0.431 e. The first kappa shape index (κ1) is 31.4. The van der Waals surface area contributed by atoms with Gasteiger partial charge in [-0.1, -0.05) is 48.0 Å². The van der Waals surface area contributed by atoms with Gasteiger partial charge in [0, 0.05) is 20.4 Å². The molecule has 12 heteroatoms. The molecule has 0 saturated carbocycles. The number of carbonyl (C=O) groups is 3. The number of ether oxygens (including phenoxy) is 2. The van der Waals surface area contributed by atoms with E-state index < -0.39 is 41.3 Å². The molecule has 1 atom stereocenters. The van der Waals surface area contributed by atoms with Crippen LogP contribution >= 0.6 is 11.6 Å². The molecule has 1 amide bonds. The second kappa shape index (κ2) is 13.0. The van der Waals surface area contributed by atoms with Gasteiger partial charge in [-0.3, -0.25) is 14.4 Å². The Labute approximate surface area is 239 Å². The van der Waals surface area contributed by atoms with Gasteiger partial charge in [0.15, 0.2) is 0 Å². The van der Waals surface area contributed by atoms with Gasteiger partial charge in [-0.05, 0) is 48.2 Å². The monoisotopic (exact) mass is 592 g/mol. The normalized spacial score (nSPS) is 12.0. The summed E-state index contributed by atoms with van der Waals surface area (Å²) in [5.74, 6) is -1.93. The lowest BCUT2D eigenvalue weighted by Gasteiger charge is -2.19. The van der Waals surface area contributed by atoms with Crippen LogP contribution in [0, 0.1) is 13.8 Å². The van der Waals surface area contributed by atoms with Crippen LogP contribution in [0.1, 0.15) is 39.7 Å². The Morgan fingerprint density at radius 1 is 1.00 bits per heavy atom. The maximum atomic E-state index is 13.3. The summed E-state index contributed by atoms with van der Waals surface area (Å²) < 4.78 is 50.4. The summed E-state index contributed by atoms with van der Waals surface area (Å²) in [7, 11) is 1.06. The number of halogens is 4. The largest absolute Gasteiger partial charge is 0.462 e. The number of amides is 1. The Balaban J connectivity index is 1.87. The van der Waals surface area contributed by atoms with E-state index >= 15 is 0 Å². The van der Waals surface area contributed by atoms with Gasteiger partial charge in [0.05, 0.1) is 16.1 Å². The van der Waals surface area contributed by atoms with Gasteiger partial charge in [0.2, 0.25) is 0 Å². The fraction of sp³-hybridized carbons (Fsp3) is 0.310. The highest BCUT2D eigenvalue weighted by Gasteiger charge is 2.34. The minimum atomic E-state index is -4.68. The number of aryl methyl sites for hydroxylation is 2. The summed E-state index contributed by atoms with van der Waals surface area (Å²) in [5.41, 5.74) is 0.137. The van der Waals surface area contributed by atoms with E-state index in [0.29, 0.717) is 21.3 Å². The molecule has 41 heavy (non-hydrogen) atoms. The van der Waals surface area contributed by atoms with Gasteiger partial charge in [0.25, 0.3) is 11.5 Å². The lowest BCUT2D eigenvalue weighted by Crippen LogP contribution is -2.44. The fourth-order valence-corrected chi connectivity index (χ4v) is 4.57. The third-order valence-electron chi connectivity index (χ3n) is 6.27. The second-order valence-electron chi connectivity index (χ2n) is 9.32. The molecule has 1 N–H and O–H groups in total. The summed E-state index contributed by atoms with van der Waals surface area (Å²) in [6.45, 7) is 3.93. The molecule has 8 nitrogen and oxygen atoms in total. The summed E-state index contributed by atoms with van der Waals surface area (Å²) in [5, 5.41) is 2.84. The standard InChI is InChI=1S/C29H28ClF3N2O6/c1-16-6-5-7-21(30)25(16)26(37)34-22(28(39)41-13-12-40-18(3)36)15-19-8-10-20(11-9-19)24-17(2)14-23(29(31,32)33)35(4)27(24)38/h5-11,14,22H,12-13,15H2,1-4H3,(H,34,37)/t22-/m0/s1. The maximum absolute atomic E-state index is 13.3. The van der Waals surface area contributed by atoms with E-state index in [1.165, 1.54) is 13.8 Å². The highest BCUT2D eigenvalue weighted by atomic mass is 35.5. The number of carbonyl (C=O) groups excluding carboxylic acids is 3. The Morgan fingerprint density at radius 3 is 2.22 bits per heavy atom. The predicted octanol–water partition coefficient (Wildman–Crippen LogP) is 4.79. The number of benzene rings is 2. The third kappa shape index (κ3) is 7.75. The van der Waals surface area contributed by atoms with E-state index in [2.05, 4.69) is 5.32 Å². The molecule has 2 aromatic carbocycles. The Bertz CT molecular complexity index is 1500. The first-order chi connectivity index (χ1) is 19.2. The highest BCUT2D eigenvalue weighted by molar-refractivity contribution is 6.34. The number of hydrogen-bond acceptors (Lipinski definition) is 6. The molecular formula is C29H28ClF3N2O6. The lowest BCUT2D eigenvalue weighted by molar-refractivity contribution is -0.152. The van der Waals surface area contributed by atoms with Crippen molar-refractivity contribution in [3.8, 4) is 11.1 Å². The topological polar surface area (TPSA) is 104 Å². The smallest absolute Gasteiger partial charge is 0.431 e. The van der Waals surface area contributed by atoms with Crippen LogP contribution in [0.2, 0.25) is 5.02 Å². The molecule has 0 unspecified atom stereocenters. The number of esters is 2. The van der Waals surface area contributed by atoms with Crippen molar-refractivity contribution in [1.29, 1.82) is 0 Å². The van der Waals surface area contributed by atoms with Crippen molar-refractivity contribution in [2.45, 2.75) is 39.4 Å². The van der Waals surface area contributed by atoms with Crippen molar-refractivity contribution in [3.63, 3.8) is 0 Å². The van der Waals surface area contributed by atoms with Gasteiger partial charge < -0.3 is 19.4 Å². The number of pyridine rings is 1. The number of nitrogens with zero attached hydrogens (tertiary/aromatic N) is 1. The Kier molecular flexibility index (Phi) is 9.98. The van der Waals surface area contributed by atoms with E-state index in [4.69, 9.17) is 21.1 Å². The molecule has 0 radical (unpaired) electrons. The van der Waals surface area contributed by atoms with E-state index in [1.807, 2.05) is 0 Å². The minimum Gasteiger partial charge on any atom is -0.462 e. The summed E-state index contributed by atoms with van der Waals surface area (Å²) >= 11 is 6.21. The molecule has 3 aromatic rings.